The molecular weight excluding hydrogens is 318 g/mol. The zero-order valence-corrected chi connectivity index (χ0v) is 13.9. The van der Waals surface area contributed by atoms with E-state index in [1.807, 2.05) is 66.7 Å². The zero-order chi connectivity index (χ0) is 16.8. The monoisotopic (exact) mass is 335 g/mol. The fourth-order valence-electron chi connectivity index (χ4n) is 2.56. The average molecular weight is 336 g/mol. The smallest absolute Gasteiger partial charge is 0.0992 e. The van der Waals surface area contributed by atoms with E-state index in [0.717, 1.165) is 16.8 Å². The van der Waals surface area contributed by atoms with Crippen LogP contribution in [0.5, 0.6) is 0 Å². The summed E-state index contributed by atoms with van der Waals surface area (Å²) in [4.78, 5) is 0. The van der Waals surface area contributed by atoms with Gasteiger partial charge in [-0.05, 0) is 23.8 Å². The predicted octanol–water partition coefficient (Wildman–Crippen LogP) is 4.66. The topological polar surface area (TPSA) is 50.4 Å². The van der Waals surface area contributed by atoms with E-state index >= 15 is 0 Å². The molecule has 0 aromatic heterocycles. The Morgan fingerprint density at radius 2 is 1.58 bits per heavy atom. The van der Waals surface area contributed by atoms with Crippen molar-refractivity contribution in [3.8, 4) is 0 Å². The maximum absolute atomic E-state index is 6.20. The van der Waals surface area contributed by atoms with Gasteiger partial charge in [0.1, 0.15) is 0 Å². The highest BCUT2D eigenvalue weighted by Gasteiger charge is 2.12. The van der Waals surface area contributed by atoms with Crippen LogP contribution in [-0.4, -0.2) is 5.71 Å². The lowest BCUT2D eigenvalue weighted by molar-refractivity contribution is 1.15. The van der Waals surface area contributed by atoms with Crippen LogP contribution in [0.15, 0.2) is 84.0 Å². The van der Waals surface area contributed by atoms with Crippen molar-refractivity contribution in [3.05, 3.63) is 101 Å². The third-order valence-electron chi connectivity index (χ3n) is 3.74. The molecule has 4 heteroatoms. The van der Waals surface area contributed by atoms with Gasteiger partial charge in [0.05, 0.1) is 5.71 Å². The quantitative estimate of drug-likeness (QED) is 0.404. The van der Waals surface area contributed by atoms with Crippen molar-refractivity contribution in [2.24, 2.45) is 10.9 Å². The molecule has 3 N–H and O–H groups in total. The van der Waals surface area contributed by atoms with Gasteiger partial charge in [-0.1, -0.05) is 72.3 Å². The Labute approximate surface area is 146 Å². The Morgan fingerprint density at radius 3 is 2.25 bits per heavy atom. The van der Waals surface area contributed by atoms with E-state index in [2.05, 4.69) is 22.6 Å². The SMILES string of the molecule is NN=C(c1ccccc1)c1cc(Cl)ccc1NCc1ccccc1. The first-order valence-electron chi connectivity index (χ1n) is 7.69. The van der Waals surface area contributed by atoms with E-state index < -0.39 is 0 Å². The molecule has 3 rings (SSSR count). The molecule has 0 radical (unpaired) electrons. The number of nitrogens with zero attached hydrogens (tertiary/aromatic N) is 1. The van der Waals surface area contributed by atoms with Gasteiger partial charge in [0.25, 0.3) is 0 Å². The van der Waals surface area contributed by atoms with Crippen LogP contribution in [0.3, 0.4) is 0 Å². The van der Waals surface area contributed by atoms with Gasteiger partial charge >= 0.3 is 0 Å². The second-order valence-corrected chi connectivity index (χ2v) is 5.81. The number of halogens is 1. The van der Waals surface area contributed by atoms with Gasteiger partial charge < -0.3 is 11.2 Å². The summed E-state index contributed by atoms with van der Waals surface area (Å²) >= 11 is 6.20. The van der Waals surface area contributed by atoms with Crippen molar-refractivity contribution in [3.63, 3.8) is 0 Å². The van der Waals surface area contributed by atoms with Crippen molar-refractivity contribution < 1.29 is 0 Å². The molecular formula is C20H18ClN3. The van der Waals surface area contributed by atoms with Gasteiger partial charge in [-0.15, -0.1) is 0 Å². The van der Waals surface area contributed by atoms with Crippen molar-refractivity contribution >= 4 is 23.0 Å². The molecule has 3 nitrogen and oxygen atoms in total. The first-order chi connectivity index (χ1) is 11.8. The molecule has 0 aliphatic heterocycles. The zero-order valence-electron chi connectivity index (χ0n) is 13.1. The number of nitrogens with one attached hydrogen (secondary N) is 1. The Hall–Kier alpha value is -2.78. The Balaban J connectivity index is 1.93. The summed E-state index contributed by atoms with van der Waals surface area (Å²) in [5.41, 5.74) is 4.67. The van der Waals surface area contributed by atoms with E-state index in [9.17, 15) is 0 Å². The number of rotatable bonds is 5. The normalized spacial score (nSPS) is 11.3. The number of anilines is 1. The van der Waals surface area contributed by atoms with Gasteiger partial charge in [0, 0.05) is 28.4 Å². The molecule has 0 aliphatic rings. The summed E-state index contributed by atoms with van der Waals surface area (Å²) in [6.45, 7) is 0.710. The maximum Gasteiger partial charge on any atom is 0.0992 e. The van der Waals surface area contributed by atoms with Gasteiger partial charge in [0.15, 0.2) is 0 Å². The van der Waals surface area contributed by atoms with E-state index in [4.69, 9.17) is 17.4 Å². The summed E-state index contributed by atoms with van der Waals surface area (Å²) in [7, 11) is 0. The summed E-state index contributed by atoms with van der Waals surface area (Å²) < 4.78 is 0. The molecule has 0 atom stereocenters. The first kappa shape index (κ1) is 16.1. The van der Waals surface area contributed by atoms with Crippen LogP contribution in [0.25, 0.3) is 0 Å². The molecule has 24 heavy (non-hydrogen) atoms. The van der Waals surface area contributed by atoms with E-state index in [1.54, 1.807) is 0 Å². The predicted molar refractivity (Wildman–Crippen MR) is 101 cm³/mol. The number of nitrogens with two attached hydrogens (primary N) is 1. The fraction of sp³-hybridized carbons (Fsp3) is 0.0500. The minimum absolute atomic E-state index is 0.646. The lowest BCUT2D eigenvalue weighted by Crippen LogP contribution is -2.11. The highest BCUT2D eigenvalue weighted by atomic mass is 35.5. The second-order valence-electron chi connectivity index (χ2n) is 5.37. The number of benzene rings is 3. The minimum atomic E-state index is 0.646. The highest BCUT2D eigenvalue weighted by molar-refractivity contribution is 6.31. The molecule has 0 aliphatic carbocycles. The van der Waals surface area contributed by atoms with Crippen LogP contribution in [0.4, 0.5) is 5.69 Å². The Kier molecular flexibility index (Phi) is 5.14. The average Bonchev–Trinajstić information content (AvgIpc) is 2.63. The van der Waals surface area contributed by atoms with Gasteiger partial charge in [-0.2, -0.15) is 5.10 Å². The van der Waals surface area contributed by atoms with Crippen molar-refractivity contribution in [1.82, 2.24) is 0 Å². The van der Waals surface area contributed by atoms with E-state index in [-0.39, 0.29) is 0 Å². The molecule has 0 fully saturated rings. The Morgan fingerprint density at radius 1 is 0.917 bits per heavy atom. The standard InChI is InChI=1S/C20H18ClN3/c21-17-11-12-19(23-14-15-7-3-1-4-8-15)18(13-17)20(24-22)16-9-5-2-6-10-16/h1-13,23H,14,22H2. The molecule has 0 saturated carbocycles. The lowest BCUT2D eigenvalue weighted by Gasteiger charge is -2.14. The molecule has 0 unspecified atom stereocenters. The molecule has 120 valence electrons. The largest absolute Gasteiger partial charge is 0.380 e. The van der Waals surface area contributed by atoms with Gasteiger partial charge in [-0.25, -0.2) is 0 Å². The summed E-state index contributed by atoms with van der Waals surface area (Å²) in [5, 5.41) is 8.10. The van der Waals surface area contributed by atoms with Crippen LogP contribution >= 0.6 is 11.6 Å². The van der Waals surface area contributed by atoms with Gasteiger partial charge in [-0.3, -0.25) is 0 Å². The van der Waals surface area contributed by atoms with Crippen LogP contribution in [0.1, 0.15) is 16.7 Å². The lowest BCUT2D eigenvalue weighted by atomic mass is 10.0. The Bertz CT molecular complexity index is 830. The molecule has 3 aromatic rings. The number of hydrazone groups is 1. The summed E-state index contributed by atoms with van der Waals surface area (Å²) in [6, 6.07) is 25.8. The summed E-state index contributed by atoms with van der Waals surface area (Å²) in [6.07, 6.45) is 0. The van der Waals surface area contributed by atoms with Crippen molar-refractivity contribution in [2.45, 2.75) is 6.54 Å². The van der Waals surface area contributed by atoms with Crippen molar-refractivity contribution in [1.29, 1.82) is 0 Å². The number of hydrogen-bond donors (Lipinski definition) is 2. The highest BCUT2D eigenvalue weighted by Crippen LogP contribution is 2.24. The molecule has 3 aromatic carbocycles. The van der Waals surface area contributed by atoms with E-state index in [1.165, 1.54) is 5.56 Å². The number of hydrogen-bond acceptors (Lipinski definition) is 3. The second kappa shape index (κ2) is 7.66. The minimum Gasteiger partial charge on any atom is -0.380 e. The summed E-state index contributed by atoms with van der Waals surface area (Å²) in [5.74, 6) is 5.68. The van der Waals surface area contributed by atoms with Crippen LogP contribution in [0.2, 0.25) is 5.02 Å². The van der Waals surface area contributed by atoms with E-state index in [0.29, 0.717) is 17.3 Å². The van der Waals surface area contributed by atoms with Crippen LogP contribution < -0.4 is 11.2 Å². The maximum atomic E-state index is 6.20. The van der Waals surface area contributed by atoms with Crippen LogP contribution in [0, 0.1) is 0 Å². The molecule has 0 spiro atoms. The molecule has 0 amide bonds. The first-order valence-corrected chi connectivity index (χ1v) is 8.07. The van der Waals surface area contributed by atoms with Crippen molar-refractivity contribution in [2.75, 3.05) is 5.32 Å². The molecule has 0 bridgehead atoms. The third kappa shape index (κ3) is 3.76. The fourth-order valence-corrected chi connectivity index (χ4v) is 2.73. The third-order valence-corrected chi connectivity index (χ3v) is 3.97. The van der Waals surface area contributed by atoms with Crippen LogP contribution in [-0.2, 0) is 6.54 Å². The molecule has 0 heterocycles. The molecule has 0 saturated heterocycles. The van der Waals surface area contributed by atoms with Gasteiger partial charge in [0.2, 0.25) is 0 Å².